The molecule has 5 heteroatoms. The number of hydrogen-bond acceptors (Lipinski definition) is 3. The summed E-state index contributed by atoms with van der Waals surface area (Å²) in [4.78, 5) is 10.6. The van der Waals surface area contributed by atoms with Gasteiger partial charge in [-0.05, 0) is 28.8 Å². The third-order valence-electron chi connectivity index (χ3n) is 3.17. The number of nitrogens with zero attached hydrogens (tertiary/aromatic N) is 2. The lowest BCUT2D eigenvalue weighted by atomic mass is 10.00. The Morgan fingerprint density at radius 3 is 2.45 bits per heavy atom. The third kappa shape index (κ3) is 3.84. The molecule has 2 N–H and O–H groups in total. The Balaban J connectivity index is 2.15. The molecule has 0 bridgehead atoms. The average molecular weight is 291 g/mol. The van der Waals surface area contributed by atoms with Crippen LogP contribution in [-0.4, -0.2) is 17.2 Å². The summed E-state index contributed by atoms with van der Waals surface area (Å²) in [6.45, 7) is 0. The molecule has 108 valence electrons. The van der Waals surface area contributed by atoms with Gasteiger partial charge in [0, 0.05) is 6.42 Å². The van der Waals surface area contributed by atoms with Crippen LogP contribution in [0.3, 0.4) is 0 Å². The number of carboxylic acid groups (broad SMARTS) is 1. The van der Waals surface area contributed by atoms with Gasteiger partial charge in [0.2, 0.25) is 0 Å². The fourth-order valence-electron chi connectivity index (χ4n) is 2.12. The Labute approximate surface area is 128 Å². The van der Waals surface area contributed by atoms with Gasteiger partial charge in [0.05, 0.1) is 17.7 Å². The topological polar surface area (TPSA) is 96.9 Å². The maximum Gasteiger partial charge on any atom is 0.405 e. The zero-order chi connectivity index (χ0) is 15.9. The Hall–Kier alpha value is -3.31. The fourth-order valence-corrected chi connectivity index (χ4v) is 2.12. The highest BCUT2D eigenvalue weighted by Crippen LogP contribution is 2.21. The van der Waals surface area contributed by atoms with Gasteiger partial charge in [-0.15, -0.1) is 0 Å². The molecule has 1 unspecified atom stereocenters. The molecular formula is C17H13N3O2. The Bertz CT molecular complexity index is 755. The van der Waals surface area contributed by atoms with Gasteiger partial charge in [0.25, 0.3) is 0 Å². The first kappa shape index (κ1) is 15.1. The van der Waals surface area contributed by atoms with Crippen LogP contribution in [0.15, 0.2) is 48.5 Å². The number of rotatable bonds is 4. The zero-order valence-corrected chi connectivity index (χ0v) is 11.7. The summed E-state index contributed by atoms with van der Waals surface area (Å²) in [6, 6.07) is 18.0. The highest BCUT2D eigenvalue weighted by molar-refractivity contribution is 5.66. The Morgan fingerprint density at radius 1 is 1.14 bits per heavy atom. The standard InChI is InChI=1S/C17H13N3O2/c18-10-13-2-1-3-15(8-13)14-6-4-12(5-7-14)9-16(11-19)20-17(21)22/h1-8,16,20H,9H2,(H,21,22). The molecule has 2 aromatic carbocycles. The first-order valence-electron chi connectivity index (χ1n) is 6.61. The molecule has 0 radical (unpaired) electrons. The first-order chi connectivity index (χ1) is 10.6. The van der Waals surface area contributed by atoms with Crippen molar-refractivity contribution in [3.8, 4) is 23.3 Å². The van der Waals surface area contributed by atoms with Crippen molar-refractivity contribution in [2.75, 3.05) is 0 Å². The maximum atomic E-state index is 10.6. The lowest BCUT2D eigenvalue weighted by Crippen LogP contribution is -2.33. The van der Waals surface area contributed by atoms with Crippen LogP contribution in [0.4, 0.5) is 4.79 Å². The van der Waals surface area contributed by atoms with Crippen LogP contribution in [0, 0.1) is 22.7 Å². The molecular weight excluding hydrogens is 278 g/mol. The van der Waals surface area contributed by atoms with Crippen LogP contribution in [0.2, 0.25) is 0 Å². The predicted octanol–water partition coefficient (Wildman–Crippen LogP) is 2.93. The van der Waals surface area contributed by atoms with Crippen molar-refractivity contribution in [2.24, 2.45) is 0 Å². The second-order valence-electron chi connectivity index (χ2n) is 4.72. The second-order valence-corrected chi connectivity index (χ2v) is 4.72. The van der Waals surface area contributed by atoms with Gasteiger partial charge in [-0.1, -0.05) is 36.4 Å². The predicted molar refractivity (Wildman–Crippen MR) is 80.9 cm³/mol. The van der Waals surface area contributed by atoms with Crippen LogP contribution >= 0.6 is 0 Å². The molecule has 22 heavy (non-hydrogen) atoms. The molecule has 0 heterocycles. The number of nitriles is 2. The van der Waals surface area contributed by atoms with E-state index >= 15 is 0 Å². The van der Waals surface area contributed by atoms with Crippen LogP contribution in [0.25, 0.3) is 11.1 Å². The molecule has 0 saturated carbocycles. The first-order valence-corrected chi connectivity index (χ1v) is 6.61. The van der Waals surface area contributed by atoms with E-state index in [0.717, 1.165) is 16.7 Å². The van der Waals surface area contributed by atoms with Gasteiger partial charge >= 0.3 is 6.09 Å². The molecule has 0 aliphatic carbocycles. The third-order valence-corrected chi connectivity index (χ3v) is 3.17. The van der Waals surface area contributed by atoms with Crippen LogP contribution in [-0.2, 0) is 6.42 Å². The molecule has 5 nitrogen and oxygen atoms in total. The molecule has 0 aliphatic heterocycles. The molecule has 0 fully saturated rings. The normalized spacial score (nSPS) is 11.0. The van der Waals surface area contributed by atoms with E-state index in [9.17, 15) is 4.79 Å². The number of carbonyl (C=O) groups is 1. The molecule has 1 atom stereocenters. The SMILES string of the molecule is N#Cc1cccc(-c2ccc(CC(C#N)NC(=O)O)cc2)c1. The number of hydrogen-bond donors (Lipinski definition) is 2. The molecule has 0 spiro atoms. The van der Waals surface area contributed by atoms with Crippen molar-refractivity contribution in [3.05, 3.63) is 59.7 Å². The van der Waals surface area contributed by atoms with Crippen molar-refractivity contribution >= 4 is 6.09 Å². The molecule has 1 amide bonds. The molecule has 2 rings (SSSR count). The van der Waals surface area contributed by atoms with E-state index < -0.39 is 12.1 Å². The summed E-state index contributed by atoms with van der Waals surface area (Å²) in [6.07, 6.45) is -0.905. The van der Waals surface area contributed by atoms with E-state index in [1.165, 1.54) is 0 Å². The summed E-state index contributed by atoms with van der Waals surface area (Å²) in [5, 5.41) is 28.6. The minimum atomic E-state index is -1.21. The lowest BCUT2D eigenvalue weighted by Gasteiger charge is -2.09. The van der Waals surface area contributed by atoms with E-state index in [2.05, 4.69) is 11.4 Å². The summed E-state index contributed by atoms with van der Waals surface area (Å²) in [5.41, 5.74) is 3.35. The molecule has 2 aromatic rings. The minimum Gasteiger partial charge on any atom is -0.465 e. The smallest absolute Gasteiger partial charge is 0.405 e. The lowest BCUT2D eigenvalue weighted by molar-refractivity contribution is 0.192. The van der Waals surface area contributed by atoms with Gasteiger partial charge in [0.15, 0.2) is 0 Å². The van der Waals surface area contributed by atoms with E-state index in [4.69, 9.17) is 15.6 Å². The molecule has 0 aromatic heterocycles. The number of amides is 1. The van der Waals surface area contributed by atoms with Gasteiger partial charge < -0.3 is 10.4 Å². The Kier molecular flexibility index (Phi) is 4.74. The van der Waals surface area contributed by atoms with Crippen molar-refractivity contribution in [2.45, 2.75) is 12.5 Å². The van der Waals surface area contributed by atoms with E-state index in [1.54, 1.807) is 12.1 Å². The number of nitrogens with one attached hydrogen (secondary N) is 1. The van der Waals surface area contributed by atoms with Crippen molar-refractivity contribution in [3.63, 3.8) is 0 Å². The maximum absolute atomic E-state index is 10.6. The van der Waals surface area contributed by atoms with Crippen molar-refractivity contribution < 1.29 is 9.90 Å². The second kappa shape index (κ2) is 6.92. The van der Waals surface area contributed by atoms with Crippen molar-refractivity contribution in [1.29, 1.82) is 10.5 Å². The molecule has 0 aliphatic rings. The monoisotopic (exact) mass is 291 g/mol. The van der Waals surface area contributed by atoms with E-state index in [-0.39, 0.29) is 0 Å². The fraction of sp³-hybridized carbons (Fsp3) is 0.118. The summed E-state index contributed by atoms with van der Waals surface area (Å²) in [7, 11) is 0. The van der Waals surface area contributed by atoms with Gasteiger partial charge in [-0.2, -0.15) is 10.5 Å². The number of benzene rings is 2. The molecule has 0 saturated heterocycles. The van der Waals surface area contributed by atoms with Crippen LogP contribution in [0.1, 0.15) is 11.1 Å². The quantitative estimate of drug-likeness (QED) is 0.905. The summed E-state index contributed by atoms with van der Waals surface area (Å²) >= 11 is 0. The minimum absolute atomic E-state index is 0.307. The summed E-state index contributed by atoms with van der Waals surface area (Å²) < 4.78 is 0. The van der Waals surface area contributed by atoms with Gasteiger partial charge in [-0.25, -0.2) is 4.79 Å². The highest BCUT2D eigenvalue weighted by Gasteiger charge is 2.11. The zero-order valence-electron chi connectivity index (χ0n) is 11.7. The van der Waals surface area contributed by atoms with Crippen molar-refractivity contribution in [1.82, 2.24) is 5.32 Å². The Morgan fingerprint density at radius 2 is 1.86 bits per heavy atom. The van der Waals surface area contributed by atoms with E-state index in [1.807, 2.05) is 42.5 Å². The average Bonchev–Trinajstić information content (AvgIpc) is 2.54. The van der Waals surface area contributed by atoms with Crippen LogP contribution in [0.5, 0.6) is 0 Å². The van der Waals surface area contributed by atoms with Gasteiger partial charge in [0.1, 0.15) is 6.04 Å². The largest absolute Gasteiger partial charge is 0.465 e. The van der Waals surface area contributed by atoms with Crippen LogP contribution < -0.4 is 5.32 Å². The highest BCUT2D eigenvalue weighted by atomic mass is 16.4. The van der Waals surface area contributed by atoms with E-state index in [0.29, 0.717) is 12.0 Å². The summed E-state index contributed by atoms with van der Waals surface area (Å²) in [5.74, 6) is 0. The van der Waals surface area contributed by atoms with Gasteiger partial charge in [-0.3, -0.25) is 0 Å².